The van der Waals surface area contributed by atoms with Crippen LogP contribution in [0.1, 0.15) is 21.5 Å². The lowest BCUT2D eigenvalue weighted by atomic mass is 10.1. The molecule has 0 N–H and O–H groups in total. The highest BCUT2D eigenvalue weighted by molar-refractivity contribution is 5.91. The van der Waals surface area contributed by atoms with Gasteiger partial charge in [-0.15, -0.1) is 0 Å². The summed E-state index contributed by atoms with van der Waals surface area (Å²) >= 11 is 0. The molecule has 2 heterocycles. The van der Waals surface area contributed by atoms with Gasteiger partial charge in [-0.3, -0.25) is 10.1 Å². The number of aromatic nitrogens is 2. The normalized spacial score (nSPS) is 11.0. The molecule has 4 aromatic rings. The molecule has 0 unspecified atom stereocenters. The average molecular weight is 393 g/mol. The molecule has 0 amide bonds. The Labute approximate surface area is 164 Å². The van der Waals surface area contributed by atoms with Crippen molar-refractivity contribution in [2.75, 3.05) is 7.11 Å². The summed E-state index contributed by atoms with van der Waals surface area (Å²) in [6, 6.07) is 9.64. The fraction of sp³-hybridized carbons (Fsp3) is 0.150. The first-order valence-corrected chi connectivity index (χ1v) is 8.60. The summed E-state index contributed by atoms with van der Waals surface area (Å²) in [7, 11) is 1.20. The maximum atomic E-state index is 11.7. The molecule has 9 nitrogen and oxygen atoms in total. The van der Waals surface area contributed by atoms with E-state index in [1.807, 2.05) is 26.0 Å². The minimum absolute atomic E-state index is 0.0111. The number of carbonyl (C=O) groups excluding carboxylic acids is 1. The lowest BCUT2D eigenvalue weighted by Gasteiger charge is -2.02. The second-order valence-corrected chi connectivity index (χ2v) is 6.46. The average Bonchev–Trinajstić information content (AvgIpc) is 3.37. The molecule has 0 atom stereocenters. The number of aryl methyl sites for hydroxylation is 2. The number of carbonyl (C=O) groups is 1. The molecule has 0 radical (unpaired) electrons. The highest BCUT2D eigenvalue weighted by atomic mass is 16.6. The van der Waals surface area contributed by atoms with Crippen LogP contribution in [0.2, 0.25) is 0 Å². The minimum Gasteiger partial charge on any atom is -0.465 e. The van der Waals surface area contributed by atoms with Gasteiger partial charge in [-0.05, 0) is 43.2 Å². The third kappa shape index (κ3) is 3.12. The van der Waals surface area contributed by atoms with E-state index in [2.05, 4.69) is 14.9 Å². The molecule has 0 fully saturated rings. The van der Waals surface area contributed by atoms with Gasteiger partial charge in [0.2, 0.25) is 5.82 Å². The van der Waals surface area contributed by atoms with Gasteiger partial charge in [0.1, 0.15) is 11.1 Å². The van der Waals surface area contributed by atoms with Gasteiger partial charge in [0.15, 0.2) is 5.76 Å². The summed E-state index contributed by atoms with van der Waals surface area (Å²) in [5, 5.41) is 16.2. The van der Waals surface area contributed by atoms with Crippen molar-refractivity contribution in [3.63, 3.8) is 0 Å². The van der Waals surface area contributed by atoms with E-state index in [0.717, 1.165) is 22.6 Å². The Hall–Kier alpha value is -4.01. The zero-order chi connectivity index (χ0) is 20.7. The maximum Gasteiger partial charge on any atom is 0.338 e. The summed E-state index contributed by atoms with van der Waals surface area (Å²) in [5.74, 6) is -0.204. The largest absolute Gasteiger partial charge is 0.465 e. The highest BCUT2D eigenvalue weighted by Crippen LogP contribution is 2.34. The second kappa shape index (κ2) is 6.86. The quantitative estimate of drug-likeness (QED) is 0.283. The van der Waals surface area contributed by atoms with E-state index >= 15 is 0 Å². The maximum absolute atomic E-state index is 11.7. The van der Waals surface area contributed by atoms with Crippen LogP contribution in [0.4, 0.5) is 5.69 Å². The van der Waals surface area contributed by atoms with Crippen molar-refractivity contribution in [2.45, 2.75) is 13.8 Å². The number of furan rings is 1. The molecular formula is C20H15N3O6. The van der Waals surface area contributed by atoms with E-state index in [4.69, 9.17) is 8.94 Å². The molecular weight excluding hydrogens is 378 g/mol. The number of methoxy groups -OCH3 is 1. The molecule has 9 heteroatoms. The lowest BCUT2D eigenvalue weighted by molar-refractivity contribution is -0.384. The van der Waals surface area contributed by atoms with Gasteiger partial charge in [-0.2, -0.15) is 4.98 Å². The van der Waals surface area contributed by atoms with Crippen molar-refractivity contribution >= 4 is 22.6 Å². The fourth-order valence-electron chi connectivity index (χ4n) is 3.05. The number of nitro benzene ring substituents is 1. The zero-order valence-electron chi connectivity index (χ0n) is 15.8. The fourth-order valence-corrected chi connectivity index (χ4v) is 3.05. The van der Waals surface area contributed by atoms with Crippen LogP contribution >= 0.6 is 0 Å². The van der Waals surface area contributed by atoms with Gasteiger partial charge in [-0.25, -0.2) is 4.79 Å². The van der Waals surface area contributed by atoms with Crippen molar-refractivity contribution in [3.05, 3.63) is 63.2 Å². The third-order valence-corrected chi connectivity index (χ3v) is 4.59. The Kier molecular flexibility index (Phi) is 4.34. The summed E-state index contributed by atoms with van der Waals surface area (Å²) in [6.07, 6.45) is 0. The summed E-state index contributed by atoms with van der Waals surface area (Å²) < 4.78 is 15.7. The first kappa shape index (κ1) is 18.4. The van der Waals surface area contributed by atoms with Crippen molar-refractivity contribution in [2.24, 2.45) is 0 Å². The summed E-state index contributed by atoms with van der Waals surface area (Å²) in [5.41, 5.74) is 2.54. The number of ether oxygens (including phenoxy) is 1. The summed E-state index contributed by atoms with van der Waals surface area (Å²) in [4.78, 5) is 26.8. The third-order valence-electron chi connectivity index (χ3n) is 4.59. The molecule has 4 rings (SSSR count). The molecule has 0 saturated carbocycles. The van der Waals surface area contributed by atoms with Crippen molar-refractivity contribution in [3.8, 4) is 23.0 Å². The zero-order valence-corrected chi connectivity index (χ0v) is 15.8. The van der Waals surface area contributed by atoms with Crippen LogP contribution in [-0.4, -0.2) is 28.1 Å². The Bertz CT molecular complexity index is 1230. The molecule has 146 valence electrons. The van der Waals surface area contributed by atoms with Gasteiger partial charge >= 0.3 is 5.97 Å². The molecule has 0 aliphatic heterocycles. The van der Waals surface area contributed by atoms with E-state index in [-0.39, 0.29) is 28.5 Å². The second-order valence-electron chi connectivity index (χ2n) is 6.46. The predicted octanol–water partition coefficient (Wildman–Crippen LogP) is 4.46. The molecule has 0 spiro atoms. The number of hydrogen-bond donors (Lipinski definition) is 0. The van der Waals surface area contributed by atoms with E-state index in [1.54, 1.807) is 6.07 Å². The number of nitro groups is 1. The van der Waals surface area contributed by atoms with Gasteiger partial charge in [-0.1, -0.05) is 17.3 Å². The lowest BCUT2D eigenvalue weighted by Crippen LogP contribution is -2.03. The number of benzene rings is 2. The molecule has 0 aliphatic rings. The highest BCUT2D eigenvalue weighted by Gasteiger charge is 2.24. The van der Waals surface area contributed by atoms with Crippen LogP contribution in [-0.2, 0) is 4.74 Å². The van der Waals surface area contributed by atoms with E-state index in [1.165, 1.54) is 19.2 Å². The minimum atomic E-state index is -0.679. The molecule has 0 aliphatic carbocycles. The Morgan fingerprint density at radius 3 is 2.59 bits per heavy atom. The van der Waals surface area contributed by atoms with Crippen LogP contribution in [0, 0.1) is 24.0 Å². The molecule has 2 aromatic carbocycles. The topological polar surface area (TPSA) is 122 Å². The Balaban J connectivity index is 1.78. The van der Waals surface area contributed by atoms with Crippen LogP contribution in [0.5, 0.6) is 0 Å². The van der Waals surface area contributed by atoms with Gasteiger partial charge in [0, 0.05) is 11.5 Å². The number of hydrogen-bond acceptors (Lipinski definition) is 8. The first-order chi connectivity index (χ1) is 13.9. The first-order valence-electron chi connectivity index (χ1n) is 8.60. The number of rotatable bonds is 4. The predicted molar refractivity (Wildman–Crippen MR) is 102 cm³/mol. The van der Waals surface area contributed by atoms with Crippen molar-refractivity contribution in [1.29, 1.82) is 0 Å². The molecule has 0 bridgehead atoms. The smallest absolute Gasteiger partial charge is 0.338 e. The van der Waals surface area contributed by atoms with Gasteiger partial charge in [0.25, 0.3) is 11.6 Å². The molecule has 2 aromatic heterocycles. The van der Waals surface area contributed by atoms with E-state index < -0.39 is 10.9 Å². The van der Waals surface area contributed by atoms with Crippen LogP contribution < -0.4 is 0 Å². The number of nitrogens with zero attached hydrogens (tertiary/aromatic N) is 3. The van der Waals surface area contributed by atoms with Crippen molar-refractivity contribution in [1.82, 2.24) is 10.1 Å². The standard InChI is InChI=1S/C20H15N3O6/c1-10-4-5-11(2)17-14(10)9-16(28-17)19-21-18(22-29-19)13-7-6-12(20(24)27-3)8-15(13)23(25)26/h4-9H,1-3H3. The Morgan fingerprint density at radius 2 is 1.90 bits per heavy atom. The van der Waals surface area contributed by atoms with Crippen LogP contribution in [0.25, 0.3) is 34.0 Å². The molecule has 0 saturated heterocycles. The van der Waals surface area contributed by atoms with E-state index in [0.29, 0.717) is 11.3 Å². The number of fused-ring (bicyclic) bond motifs is 1. The van der Waals surface area contributed by atoms with Gasteiger partial charge < -0.3 is 13.7 Å². The van der Waals surface area contributed by atoms with Crippen LogP contribution in [0.3, 0.4) is 0 Å². The van der Waals surface area contributed by atoms with Gasteiger partial charge in [0.05, 0.1) is 17.6 Å². The monoisotopic (exact) mass is 393 g/mol. The summed E-state index contributed by atoms with van der Waals surface area (Å²) in [6.45, 7) is 3.90. The number of esters is 1. The van der Waals surface area contributed by atoms with Crippen molar-refractivity contribution < 1.29 is 23.4 Å². The van der Waals surface area contributed by atoms with Crippen LogP contribution in [0.15, 0.2) is 45.3 Å². The van der Waals surface area contributed by atoms with E-state index in [9.17, 15) is 14.9 Å². The SMILES string of the molecule is COC(=O)c1ccc(-c2noc(-c3cc4c(C)ccc(C)c4o3)n2)c([N+](=O)[O-])c1. The Morgan fingerprint density at radius 1 is 1.14 bits per heavy atom. The molecule has 29 heavy (non-hydrogen) atoms.